The summed E-state index contributed by atoms with van der Waals surface area (Å²) in [6.07, 6.45) is 9.43. The van der Waals surface area contributed by atoms with Crippen molar-refractivity contribution >= 4 is 0 Å². The summed E-state index contributed by atoms with van der Waals surface area (Å²) in [5, 5.41) is 3.69. The van der Waals surface area contributed by atoms with Crippen LogP contribution in [0.25, 0.3) is 0 Å². The smallest absolute Gasteiger partial charge is 0.000781 e. The molecule has 1 rings (SSSR count). The van der Waals surface area contributed by atoms with Crippen molar-refractivity contribution in [3.05, 3.63) is 0 Å². The Balaban J connectivity index is 2.12. The van der Waals surface area contributed by atoms with Crippen molar-refractivity contribution in [2.45, 2.75) is 72.6 Å². The lowest BCUT2D eigenvalue weighted by Gasteiger charge is -2.30. The molecule has 1 atom stereocenters. The van der Waals surface area contributed by atoms with Crippen molar-refractivity contribution in [1.82, 2.24) is 5.32 Å². The van der Waals surface area contributed by atoms with Crippen LogP contribution in [0.5, 0.6) is 0 Å². The first kappa shape index (κ1) is 17.0. The molecule has 2 nitrogen and oxygen atoms in total. The zero-order valence-electron chi connectivity index (χ0n) is 13.7. The molecule has 0 aliphatic heterocycles. The van der Waals surface area contributed by atoms with Gasteiger partial charge in [0.05, 0.1) is 0 Å². The van der Waals surface area contributed by atoms with Crippen molar-refractivity contribution in [2.24, 2.45) is 22.5 Å². The first-order valence-corrected chi connectivity index (χ1v) is 8.34. The second-order valence-corrected chi connectivity index (χ2v) is 7.71. The number of rotatable bonds is 10. The maximum absolute atomic E-state index is 5.74. The van der Waals surface area contributed by atoms with Crippen molar-refractivity contribution in [3.8, 4) is 0 Å². The van der Waals surface area contributed by atoms with Crippen LogP contribution in [-0.4, -0.2) is 19.6 Å². The lowest BCUT2D eigenvalue weighted by Crippen LogP contribution is -2.27. The molecule has 19 heavy (non-hydrogen) atoms. The van der Waals surface area contributed by atoms with Crippen LogP contribution < -0.4 is 11.1 Å². The van der Waals surface area contributed by atoms with Gasteiger partial charge >= 0.3 is 0 Å². The van der Waals surface area contributed by atoms with Crippen molar-refractivity contribution in [3.63, 3.8) is 0 Å². The van der Waals surface area contributed by atoms with Gasteiger partial charge in [-0.25, -0.2) is 0 Å². The van der Waals surface area contributed by atoms with Gasteiger partial charge in [0.1, 0.15) is 0 Å². The van der Waals surface area contributed by atoms with Gasteiger partial charge in [-0.05, 0) is 68.4 Å². The van der Waals surface area contributed by atoms with Crippen molar-refractivity contribution < 1.29 is 0 Å². The summed E-state index contributed by atoms with van der Waals surface area (Å²) in [4.78, 5) is 0. The standard InChI is InChI=1S/C17H36N2/c1-5-9-17(10-11-17)14-19-13-6-7-15(8-12-18)16(2,3)4/h15,19H,5-14,18H2,1-4H3. The Kier molecular flexibility index (Phi) is 6.82. The number of hydrogen-bond acceptors (Lipinski definition) is 2. The Morgan fingerprint density at radius 1 is 1.21 bits per heavy atom. The molecule has 3 N–H and O–H groups in total. The molecule has 0 aromatic carbocycles. The highest BCUT2D eigenvalue weighted by Gasteiger charge is 2.40. The monoisotopic (exact) mass is 268 g/mol. The predicted octanol–water partition coefficient (Wildman–Crippen LogP) is 3.95. The van der Waals surface area contributed by atoms with Gasteiger partial charge in [0.2, 0.25) is 0 Å². The Bertz CT molecular complexity index is 238. The van der Waals surface area contributed by atoms with E-state index in [1.54, 1.807) is 0 Å². The van der Waals surface area contributed by atoms with Crippen molar-refractivity contribution in [1.29, 1.82) is 0 Å². The maximum Gasteiger partial charge on any atom is 0.000781 e. The molecule has 0 amide bonds. The zero-order chi connectivity index (χ0) is 14.4. The fourth-order valence-corrected chi connectivity index (χ4v) is 3.26. The van der Waals surface area contributed by atoms with E-state index >= 15 is 0 Å². The van der Waals surface area contributed by atoms with E-state index in [0.29, 0.717) is 10.8 Å². The highest BCUT2D eigenvalue weighted by molar-refractivity contribution is 4.94. The Morgan fingerprint density at radius 3 is 2.37 bits per heavy atom. The summed E-state index contributed by atoms with van der Waals surface area (Å²) >= 11 is 0. The van der Waals surface area contributed by atoms with Crippen LogP contribution in [0, 0.1) is 16.7 Å². The van der Waals surface area contributed by atoms with E-state index in [1.165, 1.54) is 58.0 Å². The normalized spacial score (nSPS) is 19.4. The molecule has 0 aromatic rings. The lowest BCUT2D eigenvalue weighted by molar-refractivity contribution is 0.210. The zero-order valence-corrected chi connectivity index (χ0v) is 13.7. The maximum atomic E-state index is 5.74. The van der Waals surface area contributed by atoms with E-state index in [9.17, 15) is 0 Å². The van der Waals surface area contributed by atoms with Gasteiger partial charge in [-0.15, -0.1) is 0 Å². The Hall–Kier alpha value is -0.0800. The molecule has 0 aromatic heterocycles. The lowest BCUT2D eigenvalue weighted by atomic mass is 9.76. The van der Waals surface area contributed by atoms with Crippen LogP contribution in [0.2, 0.25) is 0 Å². The number of hydrogen-bond donors (Lipinski definition) is 2. The molecular formula is C17H36N2. The minimum atomic E-state index is 0.402. The van der Waals surface area contributed by atoms with Crippen LogP contribution in [0.15, 0.2) is 0 Å². The molecule has 1 aliphatic rings. The van der Waals surface area contributed by atoms with Crippen LogP contribution >= 0.6 is 0 Å². The van der Waals surface area contributed by atoms with E-state index in [-0.39, 0.29) is 0 Å². The van der Waals surface area contributed by atoms with Gasteiger partial charge in [-0.2, -0.15) is 0 Å². The second-order valence-electron chi connectivity index (χ2n) is 7.71. The molecule has 1 unspecified atom stereocenters. The highest BCUT2D eigenvalue weighted by atomic mass is 14.9. The van der Waals surface area contributed by atoms with E-state index in [2.05, 4.69) is 33.0 Å². The van der Waals surface area contributed by atoms with Gasteiger partial charge in [0.25, 0.3) is 0 Å². The van der Waals surface area contributed by atoms with Crippen LogP contribution in [-0.2, 0) is 0 Å². The molecule has 0 saturated heterocycles. The van der Waals surface area contributed by atoms with Crippen LogP contribution in [0.4, 0.5) is 0 Å². The van der Waals surface area contributed by atoms with Gasteiger partial charge in [0, 0.05) is 6.54 Å². The molecule has 1 saturated carbocycles. The first-order valence-electron chi connectivity index (χ1n) is 8.34. The molecule has 2 heteroatoms. The third kappa shape index (κ3) is 6.27. The summed E-state index contributed by atoms with van der Waals surface area (Å²) in [6.45, 7) is 12.6. The minimum absolute atomic E-state index is 0.402. The molecular weight excluding hydrogens is 232 g/mol. The Labute approximate surface area is 120 Å². The molecule has 0 bridgehead atoms. The average Bonchev–Trinajstić information content (AvgIpc) is 3.07. The highest BCUT2D eigenvalue weighted by Crippen LogP contribution is 2.48. The summed E-state index contributed by atoms with van der Waals surface area (Å²) in [6, 6.07) is 0. The second kappa shape index (κ2) is 7.64. The van der Waals surface area contributed by atoms with E-state index in [1.807, 2.05) is 0 Å². The topological polar surface area (TPSA) is 38.0 Å². The van der Waals surface area contributed by atoms with Crippen LogP contribution in [0.1, 0.15) is 72.6 Å². The molecule has 0 radical (unpaired) electrons. The average molecular weight is 268 g/mol. The SMILES string of the molecule is CCCC1(CNCCCC(CCN)C(C)(C)C)CC1. The quantitative estimate of drug-likeness (QED) is 0.589. The van der Waals surface area contributed by atoms with Crippen LogP contribution in [0.3, 0.4) is 0 Å². The molecule has 0 heterocycles. The summed E-state index contributed by atoms with van der Waals surface area (Å²) < 4.78 is 0. The molecule has 0 spiro atoms. The van der Waals surface area contributed by atoms with E-state index in [0.717, 1.165) is 12.5 Å². The Morgan fingerprint density at radius 2 is 1.89 bits per heavy atom. The van der Waals surface area contributed by atoms with Gasteiger partial charge < -0.3 is 11.1 Å². The summed E-state index contributed by atoms with van der Waals surface area (Å²) in [7, 11) is 0. The third-order valence-electron chi connectivity index (χ3n) is 4.88. The number of nitrogens with two attached hydrogens (primary N) is 1. The predicted molar refractivity (Wildman–Crippen MR) is 85.3 cm³/mol. The van der Waals surface area contributed by atoms with Gasteiger partial charge in [-0.1, -0.05) is 34.1 Å². The largest absolute Gasteiger partial charge is 0.330 e. The fraction of sp³-hybridized carbons (Fsp3) is 1.00. The van der Waals surface area contributed by atoms with E-state index in [4.69, 9.17) is 5.73 Å². The number of nitrogens with one attached hydrogen (secondary N) is 1. The third-order valence-corrected chi connectivity index (χ3v) is 4.88. The molecule has 114 valence electrons. The minimum Gasteiger partial charge on any atom is -0.330 e. The summed E-state index contributed by atoms with van der Waals surface area (Å²) in [5.74, 6) is 0.768. The van der Waals surface area contributed by atoms with Gasteiger partial charge in [0.15, 0.2) is 0 Å². The van der Waals surface area contributed by atoms with Crippen molar-refractivity contribution in [2.75, 3.05) is 19.6 Å². The van der Waals surface area contributed by atoms with E-state index < -0.39 is 0 Å². The molecule has 1 aliphatic carbocycles. The summed E-state index contributed by atoms with van der Waals surface area (Å²) in [5.41, 5.74) is 6.83. The fourth-order valence-electron chi connectivity index (χ4n) is 3.26. The van der Waals surface area contributed by atoms with Gasteiger partial charge in [-0.3, -0.25) is 0 Å². The molecule has 1 fully saturated rings. The first-order chi connectivity index (χ1) is 8.93.